The molecule has 180 valence electrons. The zero-order valence-corrected chi connectivity index (χ0v) is 20.6. The molecule has 0 N–H and O–H groups in total. The van der Waals surface area contributed by atoms with Crippen molar-refractivity contribution in [3.63, 3.8) is 0 Å². The first-order valence-corrected chi connectivity index (χ1v) is 12.9. The van der Waals surface area contributed by atoms with Gasteiger partial charge < -0.3 is 9.47 Å². The molecule has 0 unspecified atom stereocenters. The van der Waals surface area contributed by atoms with Gasteiger partial charge in [0.15, 0.2) is 5.60 Å². The van der Waals surface area contributed by atoms with Crippen LogP contribution in [0.1, 0.15) is 82.5 Å². The van der Waals surface area contributed by atoms with Gasteiger partial charge in [-0.15, -0.1) is 6.42 Å². The number of benzene rings is 1. The molecule has 0 radical (unpaired) electrons. The van der Waals surface area contributed by atoms with Gasteiger partial charge in [0.1, 0.15) is 6.10 Å². The zero-order valence-electron chi connectivity index (χ0n) is 20.6. The third kappa shape index (κ3) is 3.43. The van der Waals surface area contributed by atoms with E-state index < -0.39 is 5.60 Å². The molecular formula is C30H36O4. The van der Waals surface area contributed by atoms with E-state index in [1.165, 1.54) is 12.5 Å². The molecule has 0 spiro atoms. The summed E-state index contributed by atoms with van der Waals surface area (Å²) in [6.07, 6.45) is 16.3. The summed E-state index contributed by atoms with van der Waals surface area (Å²) in [6.45, 7) is 6.21. The lowest BCUT2D eigenvalue weighted by Gasteiger charge is -2.58. The van der Waals surface area contributed by atoms with Crippen molar-refractivity contribution in [2.24, 2.45) is 28.6 Å². The molecule has 4 aliphatic carbocycles. The summed E-state index contributed by atoms with van der Waals surface area (Å²) in [5.74, 6) is 4.08. The minimum absolute atomic E-state index is 0.0141. The van der Waals surface area contributed by atoms with Crippen LogP contribution in [0.5, 0.6) is 0 Å². The number of hydrogen-bond acceptors (Lipinski definition) is 4. The van der Waals surface area contributed by atoms with Crippen molar-refractivity contribution in [2.45, 2.75) is 83.8 Å². The van der Waals surface area contributed by atoms with Crippen LogP contribution >= 0.6 is 0 Å². The number of rotatable bonds is 3. The number of fused-ring (bicyclic) bond motifs is 5. The van der Waals surface area contributed by atoms with Crippen molar-refractivity contribution < 1.29 is 19.1 Å². The van der Waals surface area contributed by atoms with Crippen molar-refractivity contribution in [3.8, 4) is 12.3 Å². The van der Waals surface area contributed by atoms with E-state index in [2.05, 4.69) is 25.8 Å². The molecule has 0 aliphatic heterocycles. The first kappa shape index (κ1) is 23.2. The van der Waals surface area contributed by atoms with Crippen molar-refractivity contribution in [1.29, 1.82) is 0 Å². The van der Waals surface area contributed by atoms with Crippen LogP contribution in [0.25, 0.3) is 0 Å². The van der Waals surface area contributed by atoms with Crippen molar-refractivity contribution in [3.05, 3.63) is 47.5 Å². The number of terminal acetylenes is 1. The van der Waals surface area contributed by atoms with Crippen LogP contribution in [0.15, 0.2) is 42.0 Å². The van der Waals surface area contributed by atoms with Gasteiger partial charge in [0, 0.05) is 18.8 Å². The lowest BCUT2D eigenvalue weighted by atomic mass is 9.47. The predicted molar refractivity (Wildman–Crippen MR) is 131 cm³/mol. The molecule has 0 heterocycles. The number of hydrogen-bond donors (Lipinski definition) is 0. The van der Waals surface area contributed by atoms with Crippen LogP contribution in [0.4, 0.5) is 0 Å². The Balaban J connectivity index is 1.40. The molecule has 4 heteroatoms. The first-order chi connectivity index (χ1) is 16.2. The second kappa shape index (κ2) is 8.29. The average molecular weight is 461 g/mol. The molecular weight excluding hydrogens is 424 g/mol. The Bertz CT molecular complexity index is 1050. The maximum Gasteiger partial charge on any atom is 0.339 e. The number of carbonyl (C=O) groups is 2. The quantitative estimate of drug-likeness (QED) is 0.310. The lowest BCUT2D eigenvalue weighted by molar-refractivity contribution is -0.149. The summed E-state index contributed by atoms with van der Waals surface area (Å²) in [4.78, 5) is 24.5. The minimum Gasteiger partial charge on any atom is -0.462 e. The molecule has 7 atom stereocenters. The Labute approximate surface area is 203 Å². The number of ether oxygens (including phenoxy) is 2. The first-order valence-electron chi connectivity index (χ1n) is 12.9. The van der Waals surface area contributed by atoms with Gasteiger partial charge in [0.05, 0.1) is 5.56 Å². The number of carbonyl (C=O) groups excluding carboxylic acids is 2. The maximum atomic E-state index is 13.0. The van der Waals surface area contributed by atoms with Crippen LogP contribution in [-0.4, -0.2) is 23.6 Å². The Hall–Kier alpha value is -2.54. The van der Waals surface area contributed by atoms with E-state index in [-0.39, 0.29) is 28.9 Å². The van der Waals surface area contributed by atoms with Gasteiger partial charge in [-0.25, -0.2) is 4.79 Å². The van der Waals surface area contributed by atoms with Gasteiger partial charge in [-0.05, 0) is 80.2 Å². The number of allylic oxidation sites excluding steroid dienone is 1. The van der Waals surface area contributed by atoms with Gasteiger partial charge in [-0.3, -0.25) is 4.79 Å². The van der Waals surface area contributed by atoms with E-state index in [1.807, 2.05) is 18.2 Å². The maximum absolute atomic E-state index is 13.0. The summed E-state index contributed by atoms with van der Waals surface area (Å²) >= 11 is 0. The average Bonchev–Trinajstić information content (AvgIpc) is 3.12. The van der Waals surface area contributed by atoms with E-state index >= 15 is 0 Å². The predicted octanol–water partition coefficient (Wildman–Crippen LogP) is 6.11. The fourth-order valence-corrected chi connectivity index (χ4v) is 8.19. The van der Waals surface area contributed by atoms with E-state index in [9.17, 15) is 9.59 Å². The third-order valence-corrected chi connectivity index (χ3v) is 10.0. The van der Waals surface area contributed by atoms with Crippen LogP contribution in [0.3, 0.4) is 0 Å². The molecule has 34 heavy (non-hydrogen) atoms. The largest absolute Gasteiger partial charge is 0.462 e. The smallest absolute Gasteiger partial charge is 0.339 e. The Morgan fingerprint density at radius 2 is 1.76 bits per heavy atom. The Kier molecular flexibility index (Phi) is 5.66. The Morgan fingerprint density at radius 1 is 1.03 bits per heavy atom. The molecule has 0 saturated heterocycles. The van der Waals surface area contributed by atoms with E-state index in [0.29, 0.717) is 23.3 Å². The van der Waals surface area contributed by atoms with E-state index in [4.69, 9.17) is 15.9 Å². The zero-order chi connectivity index (χ0) is 24.1. The molecule has 4 nitrogen and oxygen atoms in total. The van der Waals surface area contributed by atoms with Gasteiger partial charge in [-0.2, -0.15) is 0 Å². The highest BCUT2D eigenvalue weighted by Crippen LogP contribution is 2.67. The van der Waals surface area contributed by atoms with Gasteiger partial charge >= 0.3 is 11.9 Å². The van der Waals surface area contributed by atoms with Gasteiger partial charge in [0.2, 0.25) is 0 Å². The minimum atomic E-state index is -0.854. The summed E-state index contributed by atoms with van der Waals surface area (Å²) < 4.78 is 11.8. The van der Waals surface area contributed by atoms with Crippen molar-refractivity contribution in [2.75, 3.05) is 0 Å². The van der Waals surface area contributed by atoms with Crippen LogP contribution in [-0.2, 0) is 14.3 Å². The molecule has 0 aromatic heterocycles. The van der Waals surface area contributed by atoms with Crippen LogP contribution in [0.2, 0.25) is 0 Å². The molecule has 0 bridgehead atoms. The normalized spacial score (nSPS) is 40.6. The SMILES string of the molecule is C#C[C@]1(OC(=O)c2ccccc2)CC[C@@H]2[C@@H]3CC=C4C[C@H](OC(C)=O)CC[C@]4(C)[C@H]3CC[C@@]21C. The van der Waals surface area contributed by atoms with E-state index in [1.54, 1.807) is 12.1 Å². The topological polar surface area (TPSA) is 52.6 Å². The van der Waals surface area contributed by atoms with Crippen LogP contribution < -0.4 is 0 Å². The number of esters is 2. The van der Waals surface area contributed by atoms with Gasteiger partial charge in [0.25, 0.3) is 0 Å². The fourth-order valence-electron chi connectivity index (χ4n) is 8.19. The highest BCUT2D eigenvalue weighted by Gasteiger charge is 2.65. The van der Waals surface area contributed by atoms with Crippen molar-refractivity contribution >= 4 is 11.9 Å². The molecule has 3 fully saturated rings. The highest BCUT2D eigenvalue weighted by molar-refractivity contribution is 5.89. The molecule has 1 aromatic carbocycles. The fraction of sp³-hybridized carbons (Fsp3) is 0.600. The summed E-state index contributed by atoms with van der Waals surface area (Å²) in [7, 11) is 0. The van der Waals surface area contributed by atoms with Crippen molar-refractivity contribution in [1.82, 2.24) is 0 Å². The monoisotopic (exact) mass is 460 g/mol. The second-order valence-electron chi connectivity index (χ2n) is 11.5. The molecule has 0 amide bonds. The highest BCUT2D eigenvalue weighted by atomic mass is 16.6. The molecule has 1 aromatic rings. The van der Waals surface area contributed by atoms with Gasteiger partial charge in [-0.1, -0.05) is 49.6 Å². The molecule has 4 aliphatic rings. The van der Waals surface area contributed by atoms with Crippen LogP contribution in [0, 0.1) is 40.9 Å². The second-order valence-corrected chi connectivity index (χ2v) is 11.5. The molecule has 3 saturated carbocycles. The standard InChI is InChI=1S/C30H36O4/c1-5-30(34-27(32)21-9-7-6-8-10-21)18-15-26-24-12-11-22-19-23(33-20(2)31)13-16-28(22,3)25(24)14-17-29(26,30)4/h1,6-11,23-26H,12-19H2,2-4H3/t23-,24-,25+,26-,28+,29+,30+/m1/s1. The summed E-state index contributed by atoms with van der Waals surface area (Å²) in [5.41, 5.74) is 1.12. The van der Waals surface area contributed by atoms with E-state index in [0.717, 1.165) is 51.4 Å². The summed E-state index contributed by atoms with van der Waals surface area (Å²) in [5, 5.41) is 0. The lowest BCUT2D eigenvalue weighted by Crippen LogP contribution is -2.55. The summed E-state index contributed by atoms with van der Waals surface area (Å²) in [6, 6.07) is 9.18. The Morgan fingerprint density at radius 3 is 2.47 bits per heavy atom. The molecule has 5 rings (SSSR count). The third-order valence-electron chi connectivity index (χ3n) is 10.0.